The maximum absolute atomic E-state index is 7.29. The van der Waals surface area contributed by atoms with Gasteiger partial charge < -0.3 is 4.74 Å². The minimum Gasteiger partial charge on any atom is -0.378 e. The van der Waals surface area contributed by atoms with Crippen LogP contribution < -0.4 is 5.43 Å². The van der Waals surface area contributed by atoms with Gasteiger partial charge in [0, 0.05) is 12.2 Å². The van der Waals surface area contributed by atoms with E-state index >= 15 is 0 Å². The van der Waals surface area contributed by atoms with Gasteiger partial charge >= 0.3 is 0 Å². The van der Waals surface area contributed by atoms with Crippen molar-refractivity contribution in [3.63, 3.8) is 0 Å². The fourth-order valence-electron chi connectivity index (χ4n) is 1.35. The molecular formula is C10H20BrN3OS. The zero-order valence-corrected chi connectivity index (χ0v) is 12.3. The van der Waals surface area contributed by atoms with Gasteiger partial charge in [0.25, 0.3) is 0 Å². The van der Waals surface area contributed by atoms with E-state index in [9.17, 15) is 0 Å². The third-order valence-corrected chi connectivity index (χ3v) is 3.04. The second kappa shape index (κ2) is 9.01. The summed E-state index contributed by atoms with van der Waals surface area (Å²) in [5.41, 5.74) is 3.76. The molecule has 1 rings (SSSR count). The molecule has 0 saturated carbocycles. The minimum atomic E-state index is 0. The maximum atomic E-state index is 7.29. The second-order valence-electron chi connectivity index (χ2n) is 3.63. The predicted octanol–water partition coefficient (Wildman–Crippen LogP) is 2.79. The van der Waals surface area contributed by atoms with Crippen molar-refractivity contribution >= 4 is 39.6 Å². The molecule has 16 heavy (non-hydrogen) atoms. The van der Waals surface area contributed by atoms with Crippen molar-refractivity contribution in [2.24, 2.45) is 5.10 Å². The predicted molar refractivity (Wildman–Crippen MR) is 76.0 cm³/mol. The van der Waals surface area contributed by atoms with Crippen molar-refractivity contribution in [1.29, 1.82) is 5.41 Å². The van der Waals surface area contributed by atoms with E-state index in [1.165, 1.54) is 11.8 Å². The molecule has 94 valence electrons. The van der Waals surface area contributed by atoms with E-state index in [0.29, 0.717) is 11.3 Å². The smallest absolute Gasteiger partial charge is 0.174 e. The van der Waals surface area contributed by atoms with Crippen LogP contribution in [0.5, 0.6) is 0 Å². The van der Waals surface area contributed by atoms with Crippen LogP contribution in [-0.4, -0.2) is 29.3 Å². The molecule has 1 unspecified atom stereocenters. The van der Waals surface area contributed by atoms with Gasteiger partial charge in [0.2, 0.25) is 0 Å². The topological polar surface area (TPSA) is 57.5 Å². The van der Waals surface area contributed by atoms with E-state index in [4.69, 9.17) is 10.1 Å². The highest BCUT2D eigenvalue weighted by molar-refractivity contribution is 8.93. The van der Waals surface area contributed by atoms with E-state index in [1.807, 2.05) is 0 Å². The standard InChI is InChI=1S/C10H19N3OS.BrH/c1-3-4-8(2)14-6-5-9-7-15-10(11)13-12-9;/h8H,3-7H2,1-2H3,(H2,11,13);1H. The van der Waals surface area contributed by atoms with Crippen molar-refractivity contribution in [3.8, 4) is 0 Å². The molecule has 0 radical (unpaired) electrons. The molecule has 0 aromatic carbocycles. The molecule has 0 saturated heterocycles. The molecule has 1 atom stereocenters. The number of nitrogens with one attached hydrogen (secondary N) is 2. The summed E-state index contributed by atoms with van der Waals surface area (Å²) in [5.74, 6) is 0.817. The zero-order valence-electron chi connectivity index (χ0n) is 9.78. The van der Waals surface area contributed by atoms with E-state index < -0.39 is 0 Å². The summed E-state index contributed by atoms with van der Waals surface area (Å²) in [5, 5.41) is 11.8. The SMILES string of the molecule is Br.CCCC(C)OCCC1=NNC(=N)SC1. The molecule has 1 aliphatic heterocycles. The molecule has 1 heterocycles. The van der Waals surface area contributed by atoms with E-state index in [-0.39, 0.29) is 17.0 Å². The number of rotatable bonds is 6. The van der Waals surface area contributed by atoms with Crippen LogP contribution in [-0.2, 0) is 4.74 Å². The van der Waals surface area contributed by atoms with E-state index in [2.05, 4.69) is 24.4 Å². The summed E-state index contributed by atoms with van der Waals surface area (Å²) < 4.78 is 5.64. The normalized spacial score (nSPS) is 17.1. The van der Waals surface area contributed by atoms with Crippen molar-refractivity contribution < 1.29 is 4.74 Å². The Bertz CT molecular complexity index is 248. The monoisotopic (exact) mass is 309 g/mol. The molecular weight excluding hydrogens is 290 g/mol. The van der Waals surface area contributed by atoms with Crippen LogP contribution in [0.25, 0.3) is 0 Å². The highest BCUT2D eigenvalue weighted by Crippen LogP contribution is 2.09. The van der Waals surface area contributed by atoms with Gasteiger partial charge in [-0.2, -0.15) is 5.10 Å². The third-order valence-electron chi connectivity index (χ3n) is 2.19. The minimum absolute atomic E-state index is 0. The van der Waals surface area contributed by atoms with Gasteiger partial charge in [0.05, 0.1) is 18.4 Å². The van der Waals surface area contributed by atoms with Crippen molar-refractivity contribution in [1.82, 2.24) is 5.43 Å². The average Bonchev–Trinajstić information content (AvgIpc) is 2.21. The number of hydrogen-bond donors (Lipinski definition) is 2. The third kappa shape index (κ3) is 6.50. The summed E-state index contributed by atoms with van der Waals surface area (Å²) in [6.07, 6.45) is 3.49. The molecule has 0 bridgehead atoms. The fraction of sp³-hybridized carbons (Fsp3) is 0.800. The lowest BCUT2D eigenvalue weighted by Crippen LogP contribution is -2.25. The van der Waals surface area contributed by atoms with Crippen LogP contribution in [0.1, 0.15) is 33.1 Å². The summed E-state index contributed by atoms with van der Waals surface area (Å²) in [4.78, 5) is 0. The number of ether oxygens (including phenoxy) is 1. The number of hydrogen-bond acceptors (Lipinski definition) is 4. The molecule has 0 aliphatic carbocycles. The highest BCUT2D eigenvalue weighted by Gasteiger charge is 2.09. The van der Waals surface area contributed by atoms with Gasteiger partial charge in [-0.25, -0.2) is 0 Å². The fourth-order valence-corrected chi connectivity index (χ4v) is 1.98. The first kappa shape index (κ1) is 15.9. The molecule has 4 nitrogen and oxygen atoms in total. The molecule has 6 heteroatoms. The quantitative estimate of drug-likeness (QED) is 0.793. The summed E-state index contributed by atoms with van der Waals surface area (Å²) in [6.45, 7) is 5.00. The lowest BCUT2D eigenvalue weighted by atomic mass is 10.2. The Hall–Kier alpha value is -0.0700. The highest BCUT2D eigenvalue weighted by atomic mass is 79.9. The molecule has 1 aliphatic rings. The van der Waals surface area contributed by atoms with Gasteiger partial charge in [0.15, 0.2) is 5.17 Å². The first-order chi connectivity index (χ1) is 7.22. The molecule has 0 fully saturated rings. The number of amidine groups is 1. The van der Waals surface area contributed by atoms with Gasteiger partial charge in [0.1, 0.15) is 0 Å². The maximum Gasteiger partial charge on any atom is 0.174 e. The van der Waals surface area contributed by atoms with Gasteiger partial charge in [-0.3, -0.25) is 10.8 Å². The molecule has 0 amide bonds. The number of nitrogens with zero attached hydrogens (tertiary/aromatic N) is 1. The molecule has 0 spiro atoms. The molecule has 2 N–H and O–H groups in total. The van der Waals surface area contributed by atoms with Crippen molar-refractivity contribution in [2.45, 2.75) is 39.2 Å². The van der Waals surface area contributed by atoms with Crippen LogP contribution >= 0.6 is 28.7 Å². The van der Waals surface area contributed by atoms with Crippen molar-refractivity contribution in [3.05, 3.63) is 0 Å². The first-order valence-corrected chi connectivity index (χ1v) is 6.35. The Balaban J connectivity index is 0.00000225. The Morgan fingerprint density at radius 1 is 1.62 bits per heavy atom. The van der Waals surface area contributed by atoms with Crippen LogP contribution in [0.3, 0.4) is 0 Å². The van der Waals surface area contributed by atoms with E-state index in [0.717, 1.165) is 37.3 Å². The summed E-state index contributed by atoms with van der Waals surface area (Å²) in [7, 11) is 0. The average molecular weight is 310 g/mol. The van der Waals surface area contributed by atoms with Crippen LogP contribution in [0.15, 0.2) is 5.10 Å². The summed E-state index contributed by atoms with van der Waals surface area (Å²) in [6, 6.07) is 0. The Kier molecular flexibility index (Phi) is 8.97. The summed E-state index contributed by atoms with van der Waals surface area (Å²) >= 11 is 1.48. The van der Waals surface area contributed by atoms with Gasteiger partial charge in [-0.1, -0.05) is 25.1 Å². The lowest BCUT2D eigenvalue weighted by Gasteiger charge is -2.15. The van der Waals surface area contributed by atoms with Crippen LogP contribution in [0, 0.1) is 5.41 Å². The molecule has 0 aromatic heterocycles. The van der Waals surface area contributed by atoms with Crippen molar-refractivity contribution in [2.75, 3.05) is 12.4 Å². The Morgan fingerprint density at radius 3 is 2.94 bits per heavy atom. The van der Waals surface area contributed by atoms with Crippen LogP contribution in [0.2, 0.25) is 0 Å². The van der Waals surface area contributed by atoms with E-state index in [1.54, 1.807) is 0 Å². The van der Waals surface area contributed by atoms with Gasteiger partial charge in [-0.05, 0) is 13.3 Å². The lowest BCUT2D eigenvalue weighted by molar-refractivity contribution is 0.0649. The first-order valence-electron chi connectivity index (χ1n) is 5.36. The number of halogens is 1. The number of hydrazone groups is 1. The number of thioether (sulfide) groups is 1. The Morgan fingerprint density at radius 2 is 2.38 bits per heavy atom. The van der Waals surface area contributed by atoms with Crippen LogP contribution in [0.4, 0.5) is 0 Å². The van der Waals surface area contributed by atoms with Gasteiger partial charge in [-0.15, -0.1) is 17.0 Å². The zero-order chi connectivity index (χ0) is 11.1. The second-order valence-corrected chi connectivity index (χ2v) is 4.61. The molecule has 0 aromatic rings. The Labute approximate surface area is 112 Å². The largest absolute Gasteiger partial charge is 0.378 e.